The number of amides is 1. The lowest BCUT2D eigenvalue weighted by molar-refractivity contribution is 0.0951. The Morgan fingerprint density at radius 2 is 2.08 bits per heavy atom. The van der Waals surface area contributed by atoms with Crippen molar-refractivity contribution in [1.82, 2.24) is 10.3 Å². The van der Waals surface area contributed by atoms with Crippen LogP contribution in [-0.2, 0) is 0 Å². The quantitative estimate of drug-likeness (QED) is 0.710. The molecule has 1 fully saturated rings. The molecule has 1 amide bonds. The summed E-state index contributed by atoms with van der Waals surface area (Å²) in [6.07, 6.45) is 3.67. The molecule has 6 heteroatoms. The van der Waals surface area contributed by atoms with Gasteiger partial charge < -0.3 is 14.5 Å². The van der Waals surface area contributed by atoms with Crippen molar-refractivity contribution in [3.05, 3.63) is 53.0 Å². The van der Waals surface area contributed by atoms with Crippen LogP contribution in [-0.4, -0.2) is 16.9 Å². The van der Waals surface area contributed by atoms with E-state index in [-0.39, 0.29) is 5.91 Å². The molecule has 24 heavy (non-hydrogen) atoms. The molecule has 2 heterocycles. The topological polar surface area (TPSA) is 64.4 Å². The zero-order chi connectivity index (χ0) is 16.7. The monoisotopic (exact) mass is 342 g/mol. The number of furan rings is 1. The highest BCUT2D eigenvalue weighted by atomic mass is 35.5. The molecule has 0 spiro atoms. The van der Waals surface area contributed by atoms with Gasteiger partial charge in [0.1, 0.15) is 28.0 Å². The van der Waals surface area contributed by atoms with Gasteiger partial charge in [-0.25, -0.2) is 4.98 Å². The molecule has 1 aromatic carbocycles. The van der Waals surface area contributed by atoms with E-state index in [1.165, 1.54) is 0 Å². The average molecular weight is 343 g/mol. The summed E-state index contributed by atoms with van der Waals surface area (Å²) in [5.41, 5.74) is 1.21. The first-order valence-corrected chi connectivity index (χ1v) is 8.11. The van der Waals surface area contributed by atoms with Crippen LogP contribution in [0.3, 0.4) is 0 Å². The fourth-order valence-corrected chi connectivity index (χ4v) is 2.78. The third kappa shape index (κ3) is 2.95. The first-order valence-electron chi connectivity index (χ1n) is 7.73. The second-order valence-electron chi connectivity index (χ2n) is 5.86. The number of aryl methyl sites for hydroxylation is 1. The summed E-state index contributed by atoms with van der Waals surface area (Å²) in [7, 11) is 0. The van der Waals surface area contributed by atoms with E-state index in [1.807, 2.05) is 6.07 Å². The van der Waals surface area contributed by atoms with Crippen LogP contribution < -0.4 is 10.1 Å². The van der Waals surface area contributed by atoms with E-state index in [4.69, 9.17) is 20.8 Å². The summed E-state index contributed by atoms with van der Waals surface area (Å²) in [6.45, 7) is 1.80. The molecule has 0 atom stereocenters. The molecule has 122 valence electrons. The zero-order valence-corrected chi connectivity index (χ0v) is 13.8. The standard InChI is InChI=1S/C18H15ClN2O3/c1-10-17(18(22)21-11-2-3-11)14-5-4-12(8-15(14)23-10)24-13-6-7-20-16(19)9-13/h4-9,11H,2-3H2,1H3,(H,21,22). The van der Waals surface area contributed by atoms with Crippen LogP contribution in [0, 0.1) is 6.92 Å². The molecule has 1 N–H and O–H groups in total. The molecule has 5 nitrogen and oxygen atoms in total. The minimum Gasteiger partial charge on any atom is -0.460 e. The Labute approximate surface area is 143 Å². The highest BCUT2D eigenvalue weighted by Crippen LogP contribution is 2.32. The van der Waals surface area contributed by atoms with E-state index in [0.717, 1.165) is 18.2 Å². The number of nitrogens with zero attached hydrogens (tertiary/aromatic N) is 1. The SMILES string of the molecule is Cc1oc2cc(Oc3ccnc(Cl)c3)ccc2c1C(=O)NC1CC1. The first kappa shape index (κ1) is 15.0. The maximum Gasteiger partial charge on any atom is 0.255 e. The summed E-state index contributed by atoms with van der Waals surface area (Å²) in [4.78, 5) is 16.3. The number of halogens is 1. The molecule has 1 saturated carbocycles. The average Bonchev–Trinajstić information content (AvgIpc) is 3.27. The second kappa shape index (κ2) is 5.83. The molecule has 1 aliphatic carbocycles. The number of rotatable bonds is 4. The molecule has 0 radical (unpaired) electrons. The minimum absolute atomic E-state index is 0.0802. The third-order valence-electron chi connectivity index (χ3n) is 3.91. The van der Waals surface area contributed by atoms with Crippen molar-refractivity contribution in [2.75, 3.05) is 0 Å². The number of carbonyl (C=O) groups excluding carboxylic acids is 1. The van der Waals surface area contributed by atoms with E-state index < -0.39 is 0 Å². The summed E-state index contributed by atoms with van der Waals surface area (Å²) >= 11 is 5.86. The lowest BCUT2D eigenvalue weighted by Gasteiger charge is -2.05. The number of aromatic nitrogens is 1. The van der Waals surface area contributed by atoms with E-state index >= 15 is 0 Å². The second-order valence-corrected chi connectivity index (χ2v) is 6.24. The number of carbonyl (C=O) groups is 1. The van der Waals surface area contributed by atoms with Gasteiger partial charge in [0.05, 0.1) is 5.56 Å². The van der Waals surface area contributed by atoms with Crippen molar-refractivity contribution < 1.29 is 13.9 Å². The molecular weight excluding hydrogens is 328 g/mol. The molecule has 0 bridgehead atoms. The van der Waals surface area contributed by atoms with Crippen molar-refractivity contribution >= 4 is 28.5 Å². The fraction of sp³-hybridized carbons (Fsp3) is 0.222. The van der Waals surface area contributed by atoms with Gasteiger partial charge in [-0.15, -0.1) is 0 Å². The van der Waals surface area contributed by atoms with Gasteiger partial charge in [-0.05, 0) is 38.0 Å². The number of hydrogen-bond acceptors (Lipinski definition) is 4. The van der Waals surface area contributed by atoms with Gasteiger partial charge in [0.2, 0.25) is 0 Å². The van der Waals surface area contributed by atoms with Crippen LogP contribution >= 0.6 is 11.6 Å². The van der Waals surface area contributed by atoms with Gasteiger partial charge in [0, 0.05) is 29.8 Å². The Kier molecular flexibility index (Phi) is 3.65. The molecular formula is C18H15ClN2O3. The number of benzene rings is 1. The largest absolute Gasteiger partial charge is 0.460 e. The zero-order valence-electron chi connectivity index (χ0n) is 13.0. The van der Waals surface area contributed by atoms with Crippen molar-refractivity contribution in [2.45, 2.75) is 25.8 Å². The molecule has 2 aromatic heterocycles. The summed E-state index contributed by atoms with van der Waals surface area (Å²) in [5, 5.41) is 4.14. The first-order chi connectivity index (χ1) is 11.6. The Bertz CT molecular complexity index is 931. The highest BCUT2D eigenvalue weighted by molar-refractivity contribution is 6.29. The third-order valence-corrected chi connectivity index (χ3v) is 4.12. The van der Waals surface area contributed by atoms with Crippen LogP contribution in [0.25, 0.3) is 11.0 Å². The van der Waals surface area contributed by atoms with Gasteiger partial charge in [0.25, 0.3) is 5.91 Å². The Balaban J connectivity index is 1.65. The molecule has 0 aliphatic heterocycles. The van der Waals surface area contributed by atoms with Crippen molar-refractivity contribution in [3.63, 3.8) is 0 Å². The smallest absolute Gasteiger partial charge is 0.255 e. The lowest BCUT2D eigenvalue weighted by atomic mass is 10.1. The van der Waals surface area contributed by atoms with E-state index in [9.17, 15) is 4.79 Å². The maximum absolute atomic E-state index is 12.4. The van der Waals surface area contributed by atoms with Crippen molar-refractivity contribution in [2.24, 2.45) is 0 Å². The maximum atomic E-state index is 12.4. The van der Waals surface area contributed by atoms with Gasteiger partial charge in [0.15, 0.2) is 0 Å². The number of ether oxygens (including phenoxy) is 1. The Morgan fingerprint density at radius 3 is 2.83 bits per heavy atom. The van der Waals surface area contributed by atoms with Gasteiger partial charge in [-0.2, -0.15) is 0 Å². The molecule has 0 unspecified atom stereocenters. The summed E-state index contributed by atoms with van der Waals surface area (Å²) in [5.74, 6) is 1.72. The molecule has 1 aliphatic rings. The van der Waals surface area contributed by atoms with Gasteiger partial charge >= 0.3 is 0 Å². The number of hydrogen-bond donors (Lipinski definition) is 1. The summed E-state index contributed by atoms with van der Waals surface area (Å²) in [6, 6.07) is 9.07. The molecule has 3 aromatic rings. The van der Waals surface area contributed by atoms with E-state index in [1.54, 1.807) is 37.4 Å². The van der Waals surface area contributed by atoms with Crippen molar-refractivity contribution in [1.29, 1.82) is 0 Å². The minimum atomic E-state index is -0.0802. The van der Waals surface area contributed by atoms with E-state index in [2.05, 4.69) is 10.3 Å². The van der Waals surface area contributed by atoms with Crippen LogP contribution in [0.1, 0.15) is 29.0 Å². The molecule has 0 saturated heterocycles. The van der Waals surface area contributed by atoms with Gasteiger partial charge in [-0.3, -0.25) is 4.79 Å². The van der Waals surface area contributed by atoms with Crippen LogP contribution in [0.15, 0.2) is 40.9 Å². The van der Waals surface area contributed by atoms with E-state index in [0.29, 0.717) is 39.6 Å². The Morgan fingerprint density at radius 1 is 1.29 bits per heavy atom. The number of fused-ring (bicyclic) bond motifs is 1. The Hall–Kier alpha value is -2.53. The molecule has 4 rings (SSSR count). The number of pyridine rings is 1. The normalized spacial score (nSPS) is 13.9. The number of nitrogens with one attached hydrogen (secondary N) is 1. The predicted molar refractivity (Wildman–Crippen MR) is 90.8 cm³/mol. The van der Waals surface area contributed by atoms with Crippen LogP contribution in [0.4, 0.5) is 0 Å². The highest BCUT2D eigenvalue weighted by Gasteiger charge is 2.26. The van der Waals surface area contributed by atoms with Crippen LogP contribution in [0.5, 0.6) is 11.5 Å². The van der Waals surface area contributed by atoms with Crippen molar-refractivity contribution in [3.8, 4) is 11.5 Å². The van der Waals surface area contributed by atoms with Crippen LogP contribution in [0.2, 0.25) is 5.15 Å². The summed E-state index contributed by atoms with van der Waals surface area (Å²) < 4.78 is 11.5. The fourth-order valence-electron chi connectivity index (χ4n) is 2.61. The lowest BCUT2D eigenvalue weighted by Crippen LogP contribution is -2.25. The van der Waals surface area contributed by atoms with Gasteiger partial charge in [-0.1, -0.05) is 11.6 Å². The predicted octanol–water partition coefficient (Wildman–Crippen LogP) is 4.47.